The highest BCUT2D eigenvalue weighted by Gasteiger charge is 2.16. The Morgan fingerprint density at radius 3 is 3.14 bits per heavy atom. The SMILES string of the molecule is Cc1cnc(NC2CCSC2)c(N)c1. The van der Waals surface area contributed by atoms with Gasteiger partial charge in [-0.15, -0.1) is 0 Å². The van der Waals surface area contributed by atoms with E-state index < -0.39 is 0 Å². The quantitative estimate of drug-likeness (QED) is 0.781. The Morgan fingerprint density at radius 2 is 2.50 bits per heavy atom. The molecule has 1 unspecified atom stereocenters. The summed E-state index contributed by atoms with van der Waals surface area (Å²) in [5.41, 5.74) is 7.72. The summed E-state index contributed by atoms with van der Waals surface area (Å²) in [5.74, 6) is 3.24. The number of nitrogens with two attached hydrogens (primary N) is 1. The van der Waals surface area contributed by atoms with Crippen LogP contribution in [0.15, 0.2) is 12.3 Å². The van der Waals surface area contributed by atoms with E-state index >= 15 is 0 Å². The molecule has 0 spiro atoms. The molecule has 1 saturated heterocycles. The van der Waals surface area contributed by atoms with Gasteiger partial charge in [0, 0.05) is 18.0 Å². The number of aromatic nitrogens is 1. The van der Waals surface area contributed by atoms with Gasteiger partial charge < -0.3 is 11.1 Å². The fraction of sp³-hybridized carbons (Fsp3) is 0.500. The molecule has 0 aliphatic carbocycles. The minimum absolute atomic E-state index is 0.539. The van der Waals surface area contributed by atoms with Crippen LogP contribution in [-0.4, -0.2) is 22.5 Å². The molecule has 0 aromatic carbocycles. The van der Waals surface area contributed by atoms with Gasteiger partial charge in [0.1, 0.15) is 5.82 Å². The molecule has 1 aliphatic rings. The molecule has 0 bridgehead atoms. The molecule has 0 amide bonds. The molecule has 3 N–H and O–H groups in total. The Bertz CT molecular complexity index is 321. The summed E-state index contributed by atoms with van der Waals surface area (Å²) in [4.78, 5) is 4.30. The lowest BCUT2D eigenvalue weighted by molar-refractivity contribution is 0.807. The van der Waals surface area contributed by atoms with Crippen molar-refractivity contribution in [2.75, 3.05) is 22.6 Å². The Hall–Kier alpha value is -0.900. The van der Waals surface area contributed by atoms with Crippen molar-refractivity contribution in [3.05, 3.63) is 17.8 Å². The van der Waals surface area contributed by atoms with E-state index in [0.29, 0.717) is 6.04 Å². The van der Waals surface area contributed by atoms with Crippen molar-refractivity contribution < 1.29 is 0 Å². The number of rotatable bonds is 2. The standard InChI is InChI=1S/C10H15N3S/c1-7-4-9(11)10(12-5-7)13-8-2-3-14-6-8/h4-5,8H,2-3,6,11H2,1H3,(H,12,13). The minimum Gasteiger partial charge on any atom is -0.396 e. The normalized spacial score (nSPS) is 21.1. The Balaban J connectivity index is 2.08. The first-order valence-electron chi connectivity index (χ1n) is 4.82. The van der Waals surface area contributed by atoms with Crippen molar-refractivity contribution >= 4 is 23.3 Å². The van der Waals surface area contributed by atoms with Gasteiger partial charge in [-0.1, -0.05) is 0 Å². The average molecular weight is 209 g/mol. The number of anilines is 2. The Morgan fingerprint density at radius 1 is 1.64 bits per heavy atom. The summed E-state index contributed by atoms with van der Waals surface area (Å²) in [5, 5.41) is 3.38. The fourth-order valence-electron chi connectivity index (χ4n) is 1.55. The first-order valence-corrected chi connectivity index (χ1v) is 5.97. The van der Waals surface area contributed by atoms with Crippen molar-refractivity contribution in [1.82, 2.24) is 4.98 Å². The number of nitrogen functional groups attached to an aromatic ring is 1. The molecule has 1 aromatic rings. The molecule has 76 valence electrons. The monoisotopic (exact) mass is 209 g/mol. The zero-order valence-corrected chi connectivity index (χ0v) is 9.10. The van der Waals surface area contributed by atoms with Crippen LogP contribution in [0, 0.1) is 6.92 Å². The average Bonchev–Trinajstić information content (AvgIpc) is 2.62. The highest BCUT2D eigenvalue weighted by atomic mass is 32.2. The number of hydrogen-bond acceptors (Lipinski definition) is 4. The van der Waals surface area contributed by atoms with E-state index in [4.69, 9.17) is 5.73 Å². The molecule has 3 nitrogen and oxygen atoms in total. The van der Waals surface area contributed by atoms with Crippen LogP contribution in [0.4, 0.5) is 11.5 Å². The lowest BCUT2D eigenvalue weighted by Crippen LogP contribution is -2.19. The molecule has 2 heterocycles. The molecule has 1 fully saturated rings. The third-order valence-corrected chi connectivity index (χ3v) is 3.49. The second-order valence-corrected chi connectivity index (χ2v) is 4.81. The summed E-state index contributed by atoms with van der Waals surface area (Å²) < 4.78 is 0. The van der Waals surface area contributed by atoms with Gasteiger partial charge in [0.25, 0.3) is 0 Å². The van der Waals surface area contributed by atoms with Crippen LogP contribution in [0.1, 0.15) is 12.0 Å². The van der Waals surface area contributed by atoms with Crippen LogP contribution >= 0.6 is 11.8 Å². The van der Waals surface area contributed by atoms with Crippen molar-refractivity contribution in [2.24, 2.45) is 0 Å². The Kier molecular flexibility index (Phi) is 2.82. The second-order valence-electron chi connectivity index (χ2n) is 3.66. The van der Waals surface area contributed by atoms with Gasteiger partial charge in [-0.05, 0) is 30.7 Å². The maximum Gasteiger partial charge on any atom is 0.149 e. The predicted molar refractivity (Wildman–Crippen MR) is 62.7 cm³/mol. The maximum atomic E-state index is 5.87. The van der Waals surface area contributed by atoms with Crippen LogP contribution in [0.2, 0.25) is 0 Å². The van der Waals surface area contributed by atoms with Gasteiger partial charge in [-0.25, -0.2) is 4.98 Å². The lowest BCUT2D eigenvalue weighted by Gasteiger charge is -2.13. The minimum atomic E-state index is 0.539. The summed E-state index contributed by atoms with van der Waals surface area (Å²) in [6.07, 6.45) is 3.06. The van der Waals surface area contributed by atoms with Gasteiger partial charge in [0.2, 0.25) is 0 Å². The summed E-state index contributed by atoms with van der Waals surface area (Å²) >= 11 is 1.98. The molecule has 1 atom stereocenters. The molecule has 14 heavy (non-hydrogen) atoms. The smallest absolute Gasteiger partial charge is 0.149 e. The molecule has 0 radical (unpaired) electrons. The second kappa shape index (κ2) is 4.09. The van der Waals surface area contributed by atoms with E-state index in [2.05, 4.69) is 10.3 Å². The van der Waals surface area contributed by atoms with Crippen molar-refractivity contribution in [3.63, 3.8) is 0 Å². The molecule has 4 heteroatoms. The third-order valence-electron chi connectivity index (χ3n) is 2.32. The third kappa shape index (κ3) is 2.12. The van der Waals surface area contributed by atoms with Crippen LogP contribution in [0.3, 0.4) is 0 Å². The maximum absolute atomic E-state index is 5.87. The van der Waals surface area contributed by atoms with Crippen LogP contribution < -0.4 is 11.1 Å². The van der Waals surface area contributed by atoms with E-state index in [1.165, 1.54) is 12.2 Å². The van der Waals surface area contributed by atoms with E-state index in [9.17, 15) is 0 Å². The molecule has 2 rings (SSSR count). The van der Waals surface area contributed by atoms with Crippen LogP contribution in [0.25, 0.3) is 0 Å². The van der Waals surface area contributed by atoms with Gasteiger partial charge in [0.15, 0.2) is 0 Å². The van der Waals surface area contributed by atoms with E-state index in [1.54, 1.807) is 0 Å². The topological polar surface area (TPSA) is 50.9 Å². The van der Waals surface area contributed by atoms with Gasteiger partial charge in [0.05, 0.1) is 5.69 Å². The molecule has 1 aliphatic heterocycles. The zero-order valence-electron chi connectivity index (χ0n) is 8.29. The lowest BCUT2D eigenvalue weighted by atomic mass is 10.2. The molecule has 0 saturated carbocycles. The number of thioether (sulfide) groups is 1. The highest BCUT2D eigenvalue weighted by Crippen LogP contribution is 2.23. The molecule has 1 aromatic heterocycles. The van der Waals surface area contributed by atoms with Crippen molar-refractivity contribution in [3.8, 4) is 0 Å². The summed E-state index contributed by atoms with van der Waals surface area (Å²) in [6, 6.07) is 2.50. The van der Waals surface area contributed by atoms with E-state index in [1.807, 2.05) is 30.9 Å². The predicted octanol–water partition coefficient (Wildman–Crippen LogP) is 1.89. The van der Waals surface area contributed by atoms with Crippen LogP contribution in [0.5, 0.6) is 0 Å². The van der Waals surface area contributed by atoms with E-state index in [0.717, 1.165) is 22.8 Å². The number of aryl methyl sites for hydroxylation is 1. The van der Waals surface area contributed by atoms with Gasteiger partial charge in [-0.2, -0.15) is 11.8 Å². The number of nitrogens with one attached hydrogen (secondary N) is 1. The first-order chi connectivity index (χ1) is 6.75. The van der Waals surface area contributed by atoms with Crippen molar-refractivity contribution in [2.45, 2.75) is 19.4 Å². The first kappa shape index (κ1) is 9.65. The zero-order chi connectivity index (χ0) is 9.97. The van der Waals surface area contributed by atoms with Gasteiger partial charge in [-0.3, -0.25) is 0 Å². The van der Waals surface area contributed by atoms with Gasteiger partial charge >= 0.3 is 0 Å². The largest absolute Gasteiger partial charge is 0.396 e. The number of hydrogen-bond donors (Lipinski definition) is 2. The summed E-state index contributed by atoms with van der Waals surface area (Å²) in [6.45, 7) is 2.00. The fourth-order valence-corrected chi connectivity index (χ4v) is 2.71. The Labute approximate surface area is 88.5 Å². The van der Waals surface area contributed by atoms with Crippen LogP contribution in [-0.2, 0) is 0 Å². The van der Waals surface area contributed by atoms with E-state index in [-0.39, 0.29) is 0 Å². The molecular formula is C10H15N3S. The summed E-state index contributed by atoms with van der Waals surface area (Å²) in [7, 11) is 0. The number of pyridine rings is 1. The highest BCUT2D eigenvalue weighted by molar-refractivity contribution is 7.99. The number of nitrogens with zero attached hydrogens (tertiary/aromatic N) is 1. The molecular weight excluding hydrogens is 194 g/mol. The van der Waals surface area contributed by atoms with Crippen molar-refractivity contribution in [1.29, 1.82) is 0 Å².